The molecule has 5 heteroatoms. The van der Waals surface area contributed by atoms with Crippen LogP contribution < -0.4 is 0 Å². The lowest BCUT2D eigenvalue weighted by Crippen LogP contribution is -2.05. The summed E-state index contributed by atoms with van der Waals surface area (Å²) < 4.78 is 3.08. The molecular weight excluding hydrogens is 152 g/mol. The molecule has 0 radical (unpaired) electrons. The Morgan fingerprint density at radius 1 is 1.09 bits per heavy atom. The van der Waals surface area contributed by atoms with Crippen LogP contribution in [0.15, 0.2) is 12.2 Å². The Morgan fingerprint density at radius 2 is 1.36 bits per heavy atom. The van der Waals surface area contributed by atoms with Gasteiger partial charge in [-0.05, 0) is 12.8 Å². The van der Waals surface area contributed by atoms with E-state index in [0.717, 1.165) is 0 Å². The normalized spacial score (nSPS) is 12.0. The van der Waals surface area contributed by atoms with Gasteiger partial charge in [0.1, 0.15) is 0 Å². The molecule has 0 bridgehead atoms. The molecule has 0 saturated carbocycles. The summed E-state index contributed by atoms with van der Waals surface area (Å²) in [5, 5.41) is 15.0. The maximum absolute atomic E-state index is 9.21. The second-order valence-corrected chi connectivity index (χ2v) is 1.68. The van der Waals surface area contributed by atoms with Gasteiger partial charge in [-0.15, -0.1) is 0 Å². The van der Waals surface area contributed by atoms with Gasteiger partial charge < -0.3 is 14.9 Å². The molecule has 0 saturated heterocycles. The number of carboxylic acid groups (broad SMARTS) is 2. The number of hydrogen-bond acceptors (Lipinski definition) is 3. The standard InChI is InChI=1S/C4H6.C2H2O5/c1-2-4-3-1;3-1(4)7-2(5)6/h1-2H,3-4H2;(H,3,4)(H,5,6). The van der Waals surface area contributed by atoms with Crippen molar-refractivity contribution in [3.63, 3.8) is 0 Å². The molecular formula is C6H8O5. The highest BCUT2D eigenvalue weighted by Gasteiger charge is 2.01. The van der Waals surface area contributed by atoms with Crippen LogP contribution in [-0.2, 0) is 4.74 Å². The predicted molar refractivity (Wildman–Crippen MR) is 35.5 cm³/mol. The molecule has 1 aliphatic rings. The molecule has 11 heavy (non-hydrogen) atoms. The minimum absolute atomic E-state index is 1.32. The Kier molecular flexibility index (Phi) is 4.55. The first-order chi connectivity index (χ1) is 5.13. The van der Waals surface area contributed by atoms with Crippen molar-refractivity contribution < 1.29 is 24.5 Å². The zero-order valence-electron chi connectivity index (χ0n) is 5.69. The van der Waals surface area contributed by atoms with Crippen molar-refractivity contribution in [1.82, 2.24) is 0 Å². The van der Waals surface area contributed by atoms with Crippen LogP contribution in [0.5, 0.6) is 0 Å². The van der Waals surface area contributed by atoms with E-state index in [1.54, 1.807) is 0 Å². The summed E-state index contributed by atoms with van der Waals surface area (Å²) in [4.78, 5) is 18.4. The van der Waals surface area contributed by atoms with Gasteiger partial charge in [-0.3, -0.25) is 0 Å². The molecule has 0 aromatic carbocycles. The molecule has 0 fully saturated rings. The van der Waals surface area contributed by atoms with Gasteiger partial charge in [0.15, 0.2) is 0 Å². The van der Waals surface area contributed by atoms with Crippen molar-refractivity contribution in [2.24, 2.45) is 0 Å². The highest BCUT2D eigenvalue weighted by atomic mass is 16.7. The molecule has 0 heterocycles. The minimum Gasteiger partial charge on any atom is -0.449 e. The zero-order valence-corrected chi connectivity index (χ0v) is 5.69. The second-order valence-electron chi connectivity index (χ2n) is 1.68. The van der Waals surface area contributed by atoms with Crippen LogP contribution in [0, 0.1) is 0 Å². The number of hydrogen-bond donors (Lipinski definition) is 2. The first kappa shape index (κ1) is 9.48. The van der Waals surface area contributed by atoms with Crippen LogP contribution in [0.2, 0.25) is 0 Å². The molecule has 0 amide bonds. The lowest BCUT2D eigenvalue weighted by molar-refractivity contribution is 0.0802. The Labute approximate surface area is 62.9 Å². The SMILES string of the molecule is C1=CCC1.O=C(O)OC(=O)O. The van der Waals surface area contributed by atoms with Gasteiger partial charge in [-0.25, -0.2) is 9.59 Å². The molecule has 5 nitrogen and oxygen atoms in total. The summed E-state index contributed by atoms with van der Waals surface area (Å²) in [6.45, 7) is 0. The van der Waals surface area contributed by atoms with Crippen LogP contribution in [0.3, 0.4) is 0 Å². The fraction of sp³-hybridized carbons (Fsp3) is 0.333. The van der Waals surface area contributed by atoms with Crippen LogP contribution in [0.4, 0.5) is 9.59 Å². The summed E-state index contributed by atoms with van der Waals surface area (Å²) in [6, 6.07) is 0. The molecule has 0 unspecified atom stereocenters. The largest absolute Gasteiger partial charge is 0.516 e. The topological polar surface area (TPSA) is 83.8 Å². The molecule has 1 aliphatic carbocycles. The van der Waals surface area contributed by atoms with Crippen molar-refractivity contribution in [1.29, 1.82) is 0 Å². The quantitative estimate of drug-likeness (QED) is 0.320. The first-order valence-electron chi connectivity index (χ1n) is 2.91. The van der Waals surface area contributed by atoms with Crippen molar-refractivity contribution in [3.8, 4) is 0 Å². The fourth-order valence-corrected chi connectivity index (χ4v) is 0.241. The van der Waals surface area contributed by atoms with E-state index in [9.17, 15) is 9.59 Å². The highest BCUT2D eigenvalue weighted by molar-refractivity contribution is 5.74. The Hall–Kier alpha value is -1.52. The maximum atomic E-state index is 9.21. The van der Waals surface area contributed by atoms with Crippen molar-refractivity contribution in [3.05, 3.63) is 12.2 Å². The Balaban J connectivity index is 0.000000207. The molecule has 0 spiro atoms. The molecule has 62 valence electrons. The first-order valence-corrected chi connectivity index (χ1v) is 2.91. The van der Waals surface area contributed by atoms with Crippen LogP contribution in [0.25, 0.3) is 0 Å². The highest BCUT2D eigenvalue weighted by Crippen LogP contribution is 2.01. The summed E-state index contributed by atoms with van der Waals surface area (Å²) >= 11 is 0. The van der Waals surface area contributed by atoms with E-state index in [2.05, 4.69) is 16.9 Å². The van der Waals surface area contributed by atoms with Gasteiger partial charge in [0.05, 0.1) is 0 Å². The number of rotatable bonds is 0. The lowest BCUT2D eigenvalue weighted by Gasteiger charge is -1.92. The van der Waals surface area contributed by atoms with E-state index in [0.29, 0.717) is 0 Å². The zero-order chi connectivity index (χ0) is 8.69. The van der Waals surface area contributed by atoms with Gasteiger partial charge in [-0.2, -0.15) is 0 Å². The van der Waals surface area contributed by atoms with Crippen LogP contribution >= 0.6 is 0 Å². The maximum Gasteiger partial charge on any atom is 0.516 e. The van der Waals surface area contributed by atoms with E-state index in [1.165, 1.54) is 12.8 Å². The van der Waals surface area contributed by atoms with E-state index < -0.39 is 12.3 Å². The monoisotopic (exact) mass is 160 g/mol. The third-order valence-electron chi connectivity index (χ3n) is 0.841. The summed E-state index contributed by atoms with van der Waals surface area (Å²) in [7, 11) is 0. The van der Waals surface area contributed by atoms with E-state index >= 15 is 0 Å². The number of ether oxygens (including phenoxy) is 1. The fourth-order valence-electron chi connectivity index (χ4n) is 0.241. The van der Waals surface area contributed by atoms with Crippen molar-refractivity contribution >= 4 is 12.3 Å². The Morgan fingerprint density at radius 3 is 1.36 bits per heavy atom. The average molecular weight is 160 g/mol. The lowest BCUT2D eigenvalue weighted by atomic mass is 10.1. The summed E-state index contributed by atoms with van der Waals surface area (Å²) in [5.74, 6) is 0. The van der Waals surface area contributed by atoms with E-state index in [4.69, 9.17) is 10.2 Å². The van der Waals surface area contributed by atoms with Crippen molar-refractivity contribution in [2.75, 3.05) is 0 Å². The predicted octanol–water partition coefficient (Wildman–Crippen LogP) is 1.70. The molecule has 0 aromatic heterocycles. The Bertz CT molecular complexity index is 154. The van der Waals surface area contributed by atoms with Gasteiger partial charge in [-0.1, -0.05) is 12.2 Å². The second kappa shape index (κ2) is 5.28. The molecule has 2 N–H and O–H groups in total. The number of allylic oxidation sites excluding steroid dienone is 2. The minimum atomic E-state index is -1.81. The summed E-state index contributed by atoms with van der Waals surface area (Å²) in [6.07, 6.45) is 3.38. The average Bonchev–Trinajstić information content (AvgIpc) is 1.52. The van der Waals surface area contributed by atoms with E-state index in [1.807, 2.05) is 0 Å². The van der Waals surface area contributed by atoms with Crippen molar-refractivity contribution in [2.45, 2.75) is 12.8 Å². The molecule has 0 aromatic rings. The van der Waals surface area contributed by atoms with Gasteiger partial charge >= 0.3 is 12.3 Å². The molecule has 0 atom stereocenters. The van der Waals surface area contributed by atoms with E-state index in [-0.39, 0.29) is 0 Å². The number of carbonyl (C=O) groups is 2. The van der Waals surface area contributed by atoms with Crippen LogP contribution in [-0.4, -0.2) is 22.5 Å². The third kappa shape index (κ3) is 8.48. The van der Waals surface area contributed by atoms with Crippen LogP contribution in [0.1, 0.15) is 12.8 Å². The van der Waals surface area contributed by atoms with Gasteiger partial charge in [0.2, 0.25) is 0 Å². The molecule has 0 aliphatic heterocycles. The molecule has 1 rings (SSSR count). The van der Waals surface area contributed by atoms with Gasteiger partial charge in [0.25, 0.3) is 0 Å². The smallest absolute Gasteiger partial charge is 0.449 e. The third-order valence-corrected chi connectivity index (χ3v) is 0.841. The summed E-state index contributed by atoms with van der Waals surface area (Å²) in [5.41, 5.74) is 0. The van der Waals surface area contributed by atoms with Gasteiger partial charge in [0, 0.05) is 0 Å².